The molecule has 1 fully saturated rings. The molecule has 1 aliphatic heterocycles. The van der Waals surface area contributed by atoms with E-state index in [2.05, 4.69) is 20.3 Å². The standard InChI is InChI=1S/C14H18N6O/c21-14-3-1-6-19(14)7-2-4-16-12-9-13(18-10-17-12)20-8-5-15-11-20/h5,8-11H,1-4,6-7H2,(H,16,17,18). The average molecular weight is 286 g/mol. The Labute approximate surface area is 123 Å². The van der Waals surface area contributed by atoms with Crippen LogP contribution in [-0.4, -0.2) is 50.0 Å². The van der Waals surface area contributed by atoms with Crippen LogP contribution in [0.25, 0.3) is 5.82 Å². The first kappa shape index (κ1) is 13.5. The van der Waals surface area contributed by atoms with Crippen LogP contribution in [0.5, 0.6) is 0 Å². The molecule has 2 aromatic rings. The summed E-state index contributed by atoms with van der Waals surface area (Å²) < 4.78 is 1.83. The highest BCUT2D eigenvalue weighted by Crippen LogP contribution is 2.11. The quantitative estimate of drug-likeness (QED) is 0.804. The van der Waals surface area contributed by atoms with Crippen molar-refractivity contribution in [3.8, 4) is 5.82 Å². The zero-order valence-corrected chi connectivity index (χ0v) is 11.8. The zero-order chi connectivity index (χ0) is 14.5. The van der Waals surface area contributed by atoms with E-state index in [4.69, 9.17) is 0 Å². The molecule has 7 heteroatoms. The summed E-state index contributed by atoms with van der Waals surface area (Å²) in [5.74, 6) is 1.83. The number of imidazole rings is 1. The maximum atomic E-state index is 11.5. The van der Waals surface area contributed by atoms with Gasteiger partial charge in [-0.25, -0.2) is 15.0 Å². The van der Waals surface area contributed by atoms with Crippen molar-refractivity contribution in [1.82, 2.24) is 24.4 Å². The molecule has 21 heavy (non-hydrogen) atoms. The van der Waals surface area contributed by atoms with Crippen LogP contribution >= 0.6 is 0 Å². The first-order valence-corrected chi connectivity index (χ1v) is 7.15. The van der Waals surface area contributed by atoms with Crippen LogP contribution in [0.4, 0.5) is 5.82 Å². The van der Waals surface area contributed by atoms with Gasteiger partial charge in [0, 0.05) is 44.5 Å². The fraction of sp³-hybridized carbons (Fsp3) is 0.429. The van der Waals surface area contributed by atoms with Crippen LogP contribution in [0.3, 0.4) is 0 Å². The lowest BCUT2D eigenvalue weighted by Crippen LogP contribution is -2.27. The monoisotopic (exact) mass is 286 g/mol. The van der Waals surface area contributed by atoms with Gasteiger partial charge in [0.05, 0.1) is 0 Å². The van der Waals surface area contributed by atoms with Gasteiger partial charge >= 0.3 is 0 Å². The molecule has 7 nitrogen and oxygen atoms in total. The fourth-order valence-corrected chi connectivity index (χ4v) is 2.41. The first-order valence-electron chi connectivity index (χ1n) is 7.15. The SMILES string of the molecule is O=C1CCCN1CCCNc1cc(-n2ccnc2)ncn1. The number of nitrogens with zero attached hydrogens (tertiary/aromatic N) is 5. The van der Waals surface area contributed by atoms with Gasteiger partial charge in [-0.3, -0.25) is 9.36 Å². The number of nitrogens with one attached hydrogen (secondary N) is 1. The van der Waals surface area contributed by atoms with E-state index in [-0.39, 0.29) is 5.91 Å². The number of likely N-dealkylation sites (tertiary alicyclic amines) is 1. The highest BCUT2D eigenvalue weighted by atomic mass is 16.2. The topological polar surface area (TPSA) is 75.9 Å². The van der Waals surface area contributed by atoms with E-state index in [1.54, 1.807) is 12.5 Å². The number of carbonyl (C=O) groups excluding carboxylic acids is 1. The summed E-state index contributed by atoms with van der Waals surface area (Å²) in [4.78, 5) is 25.8. The number of hydrogen-bond donors (Lipinski definition) is 1. The Morgan fingerprint density at radius 1 is 1.33 bits per heavy atom. The second-order valence-electron chi connectivity index (χ2n) is 5.00. The largest absolute Gasteiger partial charge is 0.370 e. The maximum Gasteiger partial charge on any atom is 0.222 e. The lowest BCUT2D eigenvalue weighted by Gasteiger charge is -2.15. The molecule has 0 bridgehead atoms. The molecule has 0 saturated carbocycles. The minimum absolute atomic E-state index is 0.277. The summed E-state index contributed by atoms with van der Waals surface area (Å²) in [5, 5.41) is 3.26. The van der Waals surface area contributed by atoms with E-state index in [0.29, 0.717) is 6.42 Å². The molecular formula is C14H18N6O. The van der Waals surface area contributed by atoms with Gasteiger partial charge in [0.25, 0.3) is 0 Å². The predicted molar refractivity (Wildman–Crippen MR) is 78.1 cm³/mol. The van der Waals surface area contributed by atoms with Gasteiger partial charge in [0.15, 0.2) is 0 Å². The van der Waals surface area contributed by atoms with Gasteiger partial charge in [-0.1, -0.05) is 0 Å². The van der Waals surface area contributed by atoms with Gasteiger partial charge < -0.3 is 10.2 Å². The molecule has 110 valence electrons. The van der Waals surface area contributed by atoms with E-state index in [1.807, 2.05) is 21.7 Å². The molecule has 3 rings (SSSR count). The molecule has 1 amide bonds. The third-order valence-corrected chi connectivity index (χ3v) is 3.50. The Morgan fingerprint density at radius 2 is 2.29 bits per heavy atom. The minimum atomic E-state index is 0.277. The molecule has 2 aromatic heterocycles. The highest BCUT2D eigenvalue weighted by molar-refractivity contribution is 5.77. The van der Waals surface area contributed by atoms with Crippen molar-refractivity contribution in [2.75, 3.05) is 25.0 Å². The van der Waals surface area contributed by atoms with Gasteiger partial charge in [0.1, 0.15) is 24.3 Å². The third kappa shape index (κ3) is 3.36. The van der Waals surface area contributed by atoms with Crippen LogP contribution in [0.2, 0.25) is 0 Å². The van der Waals surface area contributed by atoms with Crippen LogP contribution in [0.15, 0.2) is 31.1 Å². The van der Waals surface area contributed by atoms with Crippen molar-refractivity contribution in [2.45, 2.75) is 19.3 Å². The second-order valence-corrected chi connectivity index (χ2v) is 5.00. The number of anilines is 1. The Morgan fingerprint density at radius 3 is 3.05 bits per heavy atom. The van der Waals surface area contributed by atoms with Crippen molar-refractivity contribution in [3.63, 3.8) is 0 Å². The van der Waals surface area contributed by atoms with Gasteiger partial charge in [-0.05, 0) is 12.8 Å². The van der Waals surface area contributed by atoms with Gasteiger partial charge in [-0.2, -0.15) is 0 Å². The van der Waals surface area contributed by atoms with Crippen LogP contribution < -0.4 is 5.32 Å². The third-order valence-electron chi connectivity index (χ3n) is 3.50. The van der Waals surface area contributed by atoms with Crippen LogP contribution in [0, 0.1) is 0 Å². The number of rotatable bonds is 6. The Kier molecular flexibility index (Phi) is 4.09. The molecule has 1 saturated heterocycles. The van der Waals surface area contributed by atoms with Gasteiger partial charge in [0.2, 0.25) is 5.91 Å². The lowest BCUT2D eigenvalue weighted by atomic mass is 10.4. The minimum Gasteiger partial charge on any atom is -0.370 e. The van der Waals surface area contributed by atoms with E-state index >= 15 is 0 Å². The zero-order valence-electron chi connectivity index (χ0n) is 11.8. The number of amides is 1. The van der Waals surface area contributed by atoms with E-state index < -0.39 is 0 Å². The van der Waals surface area contributed by atoms with Crippen molar-refractivity contribution >= 4 is 11.7 Å². The highest BCUT2D eigenvalue weighted by Gasteiger charge is 2.18. The second kappa shape index (κ2) is 6.34. The molecule has 0 aromatic carbocycles. The summed E-state index contributed by atoms with van der Waals surface area (Å²) in [6.45, 7) is 2.49. The molecule has 0 unspecified atom stereocenters. The number of carbonyl (C=O) groups is 1. The summed E-state index contributed by atoms with van der Waals surface area (Å²) >= 11 is 0. The molecule has 0 aliphatic carbocycles. The summed E-state index contributed by atoms with van der Waals surface area (Å²) in [6, 6.07) is 1.88. The Bertz CT molecular complexity index is 597. The van der Waals surface area contributed by atoms with Crippen molar-refractivity contribution in [3.05, 3.63) is 31.1 Å². The first-order chi connectivity index (χ1) is 10.3. The van der Waals surface area contributed by atoms with Crippen molar-refractivity contribution in [2.24, 2.45) is 0 Å². The van der Waals surface area contributed by atoms with Crippen LogP contribution in [-0.2, 0) is 4.79 Å². The molecule has 1 N–H and O–H groups in total. The molecule has 0 spiro atoms. The summed E-state index contributed by atoms with van der Waals surface area (Å²) in [7, 11) is 0. The van der Waals surface area contributed by atoms with Crippen molar-refractivity contribution in [1.29, 1.82) is 0 Å². The van der Waals surface area contributed by atoms with E-state index in [0.717, 1.165) is 44.1 Å². The van der Waals surface area contributed by atoms with E-state index in [9.17, 15) is 4.79 Å². The smallest absolute Gasteiger partial charge is 0.222 e. The molecule has 0 radical (unpaired) electrons. The lowest BCUT2D eigenvalue weighted by molar-refractivity contribution is -0.127. The Balaban J connectivity index is 1.49. The summed E-state index contributed by atoms with van der Waals surface area (Å²) in [6.07, 6.45) is 9.39. The Hall–Kier alpha value is -2.44. The molecular weight excluding hydrogens is 268 g/mol. The number of hydrogen-bond acceptors (Lipinski definition) is 5. The predicted octanol–water partition coefficient (Wildman–Crippen LogP) is 1.09. The molecule has 3 heterocycles. The van der Waals surface area contributed by atoms with Gasteiger partial charge in [-0.15, -0.1) is 0 Å². The summed E-state index contributed by atoms with van der Waals surface area (Å²) in [5.41, 5.74) is 0. The normalized spacial score (nSPS) is 14.7. The molecule has 1 aliphatic rings. The van der Waals surface area contributed by atoms with Crippen LogP contribution in [0.1, 0.15) is 19.3 Å². The van der Waals surface area contributed by atoms with E-state index in [1.165, 1.54) is 6.33 Å². The fourth-order valence-electron chi connectivity index (χ4n) is 2.41. The number of aromatic nitrogens is 4. The maximum absolute atomic E-state index is 11.5. The average Bonchev–Trinajstić information content (AvgIpc) is 3.16. The molecule has 0 atom stereocenters. The van der Waals surface area contributed by atoms with Crippen molar-refractivity contribution < 1.29 is 4.79 Å².